The van der Waals surface area contributed by atoms with Gasteiger partial charge in [-0.05, 0) is 62.0 Å². The second kappa shape index (κ2) is 6.36. The highest BCUT2D eigenvalue weighted by Crippen LogP contribution is 2.25. The van der Waals surface area contributed by atoms with Crippen LogP contribution in [-0.4, -0.2) is 13.6 Å². The first kappa shape index (κ1) is 14.5. The maximum Gasteiger partial charge on any atom is 0.126 e. The van der Waals surface area contributed by atoms with E-state index in [4.69, 9.17) is 11.6 Å². The lowest BCUT2D eigenvalue weighted by atomic mass is 9.89. The molecule has 0 heterocycles. The second-order valence-corrected chi connectivity index (χ2v) is 5.37. The first-order valence-corrected chi connectivity index (χ1v) is 6.42. The summed E-state index contributed by atoms with van der Waals surface area (Å²) in [4.78, 5) is 0. The third-order valence-corrected chi connectivity index (χ3v) is 3.57. The van der Waals surface area contributed by atoms with E-state index in [0.717, 1.165) is 18.5 Å². The van der Waals surface area contributed by atoms with Gasteiger partial charge in [0.1, 0.15) is 5.82 Å². The van der Waals surface area contributed by atoms with E-state index >= 15 is 0 Å². The fraction of sp³-hybridized carbons (Fsp3) is 0.571. The van der Waals surface area contributed by atoms with Crippen molar-refractivity contribution < 1.29 is 4.39 Å². The zero-order valence-electron chi connectivity index (χ0n) is 11.0. The molecule has 96 valence electrons. The Hall–Kier alpha value is -0.600. The summed E-state index contributed by atoms with van der Waals surface area (Å²) < 4.78 is 13.5. The van der Waals surface area contributed by atoms with Crippen molar-refractivity contribution in [2.24, 2.45) is 11.8 Å². The summed E-state index contributed by atoms with van der Waals surface area (Å²) in [7, 11) is 1.94. The van der Waals surface area contributed by atoms with Crippen LogP contribution < -0.4 is 5.32 Å². The van der Waals surface area contributed by atoms with E-state index in [1.165, 1.54) is 0 Å². The van der Waals surface area contributed by atoms with Crippen molar-refractivity contribution >= 4 is 11.6 Å². The van der Waals surface area contributed by atoms with Gasteiger partial charge in [0.2, 0.25) is 0 Å². The molecule has 1 atom stereocenters. The first-order chi connectivity index (χ1) is 7.95. The van der Waals surface area contributed by atoms with Crippen LogP contribution in [0.5, 0.6) is 0 Å². The van der Waals surface area contributed by atoms with Crippen LogP contribution in [0.3, 0.4) is 0 Å². The molecule has 1 aromatic carbocycles. The number of hydrogen-bond donors (Lipinski definition) is 1. The molecule has 1 rings (SSSR count). The monoisotopic (exact) mass is 257 g/mol. The summed E-state index contributed by atoms with van der Waals surface area (Å²) in [5.41, 5.74) is 1.51. The molecule has 0 aromatic heterocycles. The number of nitrogens with one attached hydrogen (secondary N) is 1. The van der Waals surface area contributed by atoms with Gasteiger partial charge in [0.15, 0.2) is 0 Å². The molecule has 0 amide bonds. The van der Waals surface area contributed by atoms with Crippen LogP contribution in [0.25, 0.3) is 0 Å². The minimum atomic E-state index is -0.170. The molecule has 1 nitrogen and oxygen atoms in total. The molecule has 1 unspecified atom stereocenters. The molecule has 17 heavy (non-hydrogen) atoms. The van der Waals surface area contributed by atoms with Crippen molar-refractivity contribution in [1.29, 1.82) is 0 Å². The summed E-state index contributed by atoms with van der Waals surface area (Å²) in [6.45, 7) is 7.02. The molecule has 0 aliphatic rings. The van der Waals surface area contributed by atoms with E-state index in [-0.39, 0.29) is 5.82 Å². The summed E-state index contributed by atoms with van der Waals surface area (Å²) in [6, 6.07) is 3.28. The largest absolute Gasteiger partial charge is 0.319 e. The predicted molar refractivity (Wildman–Crippen MR) is 72.1 cm³/mol. The van der Waals surface area contributed by atoms with Gasteiger partial charge in [0.05, 0.1) is 0 Å². The van der Waals surface area contributed by atoms with Crippen LogP contribution in [0.4, 0.5) is 4.39 Å². The van der Waals surface area contributed by atoms with E-state index < -0.39 is 0 Å². The normalized spacial score (nSPS) is 13.1. The van der Waals surface area contributed by atoms with Gasteiger partial charge in [-0.15, -0.1) is 0 Å². The molecule has 1 aromatic rings. The Morgan fingerprint density at radius 3 is 2.53 bits per heavy atom. The lowest BCUT2D eigenvalue weighted by molar-refractivity contribution is 0.370. The molecule has 0 saturated carbocycles. The van der Waals surface area contributed by atoms with Gasteiger partial charge in [-0.3, -0.25) is 0 Å². The Kier molecular flexibility index (Phi) is 5.41. The van der Waals surface area contributed by atoms with Crippen LogP contribution in [-0.2, 0) is 6.42 Å². The number of halogens is 2. The summed E-state index contributed by atoms with van der Waals surface area (Å²) >= 11 is 6.16. The summed E-state index contributed by atoms with van der Waals surface area (Å²) in [5.74, 6) is 0.846. The Labute approximate surface area is 108 Å². The Bertz CT molecular complexity index is 377. The minimum absolute atomic E-state index is 0.170. The quantitative estimate of drug-likeness (QED) is 0.846. The van der Waals surface area contributed by atoms with E-state index in [1.807, 2.05) is 7.05 Å². The molecule has 0 radical (unpaired) electrons. The van der Waals surface area contributed by atoms with Crippen molar-refractivity contribution in [2.75, 3.05) is 13.6 Å². The van der Waals surface area contributed by atoms with Crippen molar-refractivity contribution in [3.05, 3.63) is 34.1 Å². The Morgan fingerprint density at radius 1 is 1.35 bits per heavy atom. The van der Waals surface area contributed by atoms with Gasteiger partial charge in [0.25, 0.3) is 0 Å². The summed E-state index contributed by atoms with van der Waals surface area (Å²) in [6.07, 6.45) is 0.814. The average Bonchev–Trinajstić information content (AvgIpc) is 2.24. The lowest BCUT2D eigenvalue weighted by Crippen LogP contribution is -2.25. The molecule has 0 saturated heterocycles. The fourth-order valence-electron chi connectivity index (χ4n) is 1.93. The molecule has 0 bridgehead atoms. The fourth-order valence-corrected chi connectivity index (χ4v) is 2.23. The minimum Gasteiger partial charge on any atom is -0.319 e. The van der Waals surface area contributed by atoms with Gasteiger partial charge in [-0.25, -0.2) is 4.39 Å². The summed E-state index contributed by atoms with van der Waals surface area (Å²) in [5, 5.41) is 3.85. The van der Waals surface area contributed by atoms with Gasteiger partial charge in [-0.2, -0.15) is 0 Å². The van der Waals surface area contributed by atoms with Crippen LogP contribution >= 0.6 is 11.6 Å². The van der Waals surface area contributed by atoms with Crippen LogP contribution in [0.15, 0.2) is 12.1 Å². The molecule has 0 spiro atoms. The van der Waals surface area contributed by atoms with Crippen LogP contribution in [0.1, 0.15) is 25.0 Å². The average molecular weight is 258 g/mol. The molecule has 0 aliphatic carbocycles. The van der Waals surface area contributed by atoms with Gasteiger partial charge < -0.3 is 5.32 Å². The number of aryl methyl sites for hydroxylation is 1. The maximum atomic E-state index is 13.5. The third-order valence-electron chi connectivity index (χ3n) is 3.22. The van der Waals surface area contributed by atoms with E-state index in [0.29, 0.717) is 22.4 Å². The van der Waals surface area contributed by atoms with E-state index in [1.54, 1.807) is 19.1 Å². The Morgan fingerprint density at radius 2 is 2.00 bits per heavy atom. The van der Waals surface area contributed by atoms with Crippen molar-refractivity contribution in [1.82, 2.24) is 5.32 Å². The first-order valence-electron chi connectivity index (χ1n) is 6.04. The highest BCUT2D eigenvalue weighted by atomic mass is 35.5. The van der Waals surface area contributed by atoms with Gasteiger partial charge in [-0.1, -0.05) is 25.4 Å². The zero-order valence-corrected chi connectivity index (χ0v) is 11.7. The van der Waals surface area contributed by atoms with E-state index in [9.17, 15) is 4.39 Å². The van der Waals surface area contributed by atoms with Crippen LogP contribution in [0, 0.1) is 24.6 Å². The molecule has 1 N–H and O–H groups in total. The van der Waals surface area contributed by atoms with Gasteiger partial charge in [0, 0.05) is 5.02 Å². The highest BCUT2D eigenvalue weighted by Gasteiger charge is 2.16. The number of benzene rings is 1. The molecular weight excluding hydrogens is 237 g/mol. The van der Waals surface area contributed by atoms with Crippen molar-refractivity contribution in [3.63, 3.8) is 0 Å². The smallest absolute Gasteiger partial charge is 0.126 e. The Balaban J connectivity index is 2.89. The molecule has 0 fully saturated rings. The van der Waals surface area contributed by atoms with Crippen molar-refractivity contribution in [2.45, 2.75) is 27.2 Å². The second-order valence-electron chi connectivity index (χ2n) is 4.96. The predicted octanol–water partition coefficient (Wildman–Crippen LogP) is 3.82. The molecule has 3 heteroatoms. The molecule has 0 aliphatic heterocycles. The lowest BCUT2D eigenvalue weighted by Gasteiger charge is -2.21. The third kappa shape index (κ3) is 3.97. The van der Waals surface area contributed by atoms with Gasteiger partial charge >= 0.3 is 0 Å². The standard InChI is InChI=1S/C14H21ClFN/c1-9(2)12(8-17-4)6-11-7-14(16)10(3)5-13(11)15/h5,7,9,12,17H,6,8H2,1-4H3. The number of hydrogen-bond acceptors (Lipinski definition) is 1. The number of rotatable bonds is 5. The van der Waals surface area contributed by atoms with Crippen LogP contribution in [0.2, 0.25) is 5.02 Å². The van der Waals surface area contributed by atoms with Crippen molar-refractivity contribution in [3.8, 4) is 0 Å². The zero-order chi connectivity index (χ0) is 13.0. The highest BCUT2D eigenvalue weighted by molar-refractivity contribution is 6.31. The van der Waals surface area contributed by atoms with E-state index in [2.05, 4.69) is 19.2 Å². The SMILES string of the molecule is CNCC(Cc1cc(F)c(C)cc1Cl)C(C)C. The topological polar surface area (TPSA) is 12.0 Å². The molecular formula is C14H21ClFN. The maximum absolute atomic E-state index is 13.5.